The second kappa shape index (κ2) is 7.12. The standard InChI is InChI=1S/C22H19FN8/c23-16-9-13(14-10-24-12-25-11-14)8-15-18(16)29-30-19(15)21-27-17-4-5-26-22(20(17)28-21)31-6-2-1-3-7-31/h4-5,8-12H,1-3,6-7H2,(H,27,28)(H,29,30). The minimum absolute atomic E-state index is 0.269. The fraction of sp³-hybridized carbons (Fsp3) is 0.227. The van der Waals surface area contributed by atoms with Crippen molar-refractivity contribution >= 4 is 27.8 Å². The average molecular weight is 414 g/mol. The Hall–Kier alpha value is -3.88. The average Bonchev–Trinajstić information content (AvgIpc) is 3.44. The first-order valence-electron chi connectivity index (χ1n) is 10.3. The zero-order valence-electron chi connectivity index (χ0n) is 16.6. The summed E-state index contributed by atoms with van der Waals surface area (Å²) < 4.78 is 14.8. The van der Waals surface area contributed by atoms with E-state index in [1.807, 2.05) is 12.1 Å². The van der Waals surface area contributed by atoms with Crippen LogP contribution in [-0.4, -0.2) is 48.2 Å². The summed E-state index contributed by atoms with van der Waals surface area (Å²) in [5.74, 6) is 1.08. The van der Waals surface area contributed by atoms with Gasteiger partial charge in [-0.3, -0.25) is 5.10 Å². The zero-order valence-corrected chi connectivity index (χ0v) is 16.6. The Morgan fingerprint density at radius 1 is 0.968 bits per heavy atom. The number of hydrogen-bond acceptors (Lipinski definition) is 6. The molecule has 1 aromatic carbocycles. The number of pyridine rings is 1. The molecule has 4 aromatic heterocycles. The van der Waals surface area contributed by atoms with Gasteiger partial charge in [0.05, 0.1) is 5.52 Å². The molecule has 0 amide bonds. The summed E-state index contributed by atoms with van der Waals surface area (Å²) in [6.07, 6.45) is 10.1. The van der Waals surface area contributed by atoms with Crippen LogP contribution in [0.1, 0.15) is 19.3 Å². The van der Waals surface area contributed by atoms with Crippen LogP contribution >= 0.6 is 0 Å². The highest BCUT2D eigenvalue weighted by atomic mass is 19.1. The minimum atomic E-state index is -0.411. The number of aromatic nitrogens is 7. The molecule has 0 radical (unpaired) electrons. The molecule has 1 saturated heterocycles. The largest absolute Gasteiger partial charge is 0.355 e. The van der Waals surface area contributed by atoms with Crippen LogP contribution in [0, 0.1) is 5.82 Å². The molecule has 0 aliphatic carbocycles. The van der Waals surface area contributed by atoms with Gasteiger partial charge in [-0.05, 0) is 43.0 Å². The summed E-state index contributed by atoms with van der Waals surface area (Å²) >= 11 is 0. The van der Waals surface area contributed by atoms with Gasteiger partial charge >= 0.3 is 0 Å². The third-order valence-electron chi connectivity index (χ3n) is 5.78. The van der Waals surface area contributed by atoms with Gasteiger partial charge in [0.2, 0.25) is 0 Å². The van der Waals surface area contributed by atoms with Gasteiger partial charge in [-0.15, -0.1) is 0 Å². The summed E-state index contributed by atoms with van der Waals surface area (Å²) in [4.78, 5) is 23.1. The lowest BCUT2D eigenvalue weighted by molar-refractivity contribution is 0.574. The van der Waals surface area contributed by atoms with Crippen LogP contribution in [0.5, 0.6) is 0 Å². The number of benzene rings is 1. The molecule has 9 heteroatoms. The molecular formula is C22H19FN8. The van der Waals surface area contributed by atoms with E-state index < -0.39 is 5.82 Å². The van der Waals surface area contributed by atoms with E-state index >= 15 is 0 Å². The summed E-state index contributed by atoms with van der Waals surface area (Å²) in [5, 5.41) is 7.80. The monoisotopic (exact) mass is 414 g/mol. The normalized spacial score (nSPS) is 14.5. The van der Waals surface area contributed by atoms with Crippen molar-refractivity contribution in [1.82, 2.24) is 35.1 Å². The number of anilines is 1. The number of hydrogen-bond donors (Lipinski definition) is 2. The lowest BCUT2D eigenvalue weighted by atomic mass is 10.1. The Bertz CT molecular complexity index is 1390. The van der Waals surface area contributed by atoms with Gasteiger partial charge in [0.15, 0.2) is 17.5 Å². The van der Waals surface area contributed by atoms with Crippen LogP contribution < -0.4 is 4.90 Å². The van der Waals surface area contributed by atoms with Crippen LogP contribution in [0.15, 0.2) is 43.1 Å². The van der Waals surface area contributed by atoms with E-state index in [0.717, 1.165) is 48.3 Å². The zero-order chi connectivity index (χ0) is 20.8. The molecule has 0 spiro atoms. The highest BCUT2D eigenvalue weighted by Crippen LogP contribution is 2.33. The Balaban J connectivity index is 1.50. The van der Waals surface area contributed by atoms with Crippen molar-refractivity contribution < 1.29 is 4.39 Å². The van der Waals surface area contributed by atoms with Crippen LogP contribution in [0.2, 0.25) is 0 Å². The number of halogens is 1. The summed E-state index contributed by atoms with van der Waals surface area (Å²) in [7, 11) is 0. The van der Waals surface area contributed by atoms with Crippen molar-refractivity contribution in [1.29, 1.82) is 0 Å². The third-order valence-corrected chi connectivity index (χ3v) is 5.78. The van der Waals surface area contributed by atoms with Crippen molar-refractivity contribution in [2.75, 3.05) is 18.0 Å². The van der Waals surface area contributed by atoms with Gasteiger partial charge in [-0.25, -0.2) is 24.3 Å². The molecule has 154 valence electrons. The van der Waals surface area contributed by atoms with Crippen LogP contribution in [-0.2, 0) is 0 Å². The number of imidazole rings is 1. The second-order valence-electron chi connectivity index (χ2n) is 7.74. The van der Waals surface area contributed by atoms with Crippen LogP contribution in [0.4, 0.5) is 10.2 Å². The molecule has 8 nitrogen and oxygen atoms in total. The number of nitrogens with one attached hydrogen (secondary N) is 2. The molecule has 1 aliphatic heterocycles. The predicted octanol–water partition coefficient (Wildman–Crippen LogP) is 4.09. The van der Waals surface area contributed by atoms with Crippen molar-refractivity contribution in [3.63, 3.8) is 0 Å². The first-order chi connectivity index (χ1) is 15.3. The van der Waals surface area contributed by atoms with Crippen molar-refractivity contribution in [2.24, 2.45) is 0 Å². The number of rotatable bonds is 3. The van der Waals surface area contributed by atoms with Crippen LogP contribution in [0.3, 0.4) is 0 Å². The van der Waals surface area contributed by atoms with Crippen LogP contribution in [0.25, 0.3) is 44.6 Å². The number of piperidine rings is 1. The Morgan fingerprint density at radius 2 is 1.81 bits per heavy atom. The number of nitrogens with zero attached hydrogens (tertiary/aromatic N) is 6. The molecule has 2 N–H and O–H groups in total. The Kier molecular flexibility index (Phi) is 4.12. The van der Waals surface area contributed by atoms with E-state index in [0.29, 0.717) is 22.5 Å². The molecular weight excluding hydrogens is 395 g/mol. The number of H-pyrrole nitrogens is 2. The van der Waals surface area contributed by atoms with Gasteiger partial charge in [-0.1, -0.05) is 0 Å². The van der Waals surface area contributed by atoms with E-state index in [1.54, 1.807) is 18.6 Å². The second-order valence-corrected chi connectivity index (χ2v) is 7.74. The molecule has 0 atom stereocenters. The molecule has 5 heterocycles. The molecule has 6 rings (SSSR count). The summed E-state index contributed by atoms with van der Waals surface area (Å²) in [6, 6.07) is 5.24. The van der Waals surface area contributed by atoms with Gasteiger partial charge in [0, 0.05) is 42.6 Å². The minimum Gasteiger partial charge on any atom is -0.355 e. The quantitative estimate of drug-likeness (QED) is 0.461. The molecule has 31 heavy (non-hydrogen) atoms. The third kappa shape index (κ3) is 3.00. The molecule has 5 aromatic rings. The maximum absolute atomic E-state index is 14.8. The topological polar surface area (TPSA) is 99.3 Å². The fourth-order valence-corrected chi connectivity index (χ4v) is 4.25. The van der Waals surface area contributed by atoms with Gasteiger partial charge in [-0.2, -0.15) is 5.10 Å². The molecule has 1 fully saturated rings. The van der Waals surface area contributed by atoms with Gasteiger partial charge in [0.1, 0.15) is 23.1 Å². The van der Waals surface area contributed by atoms with E-state index in [4.69, 9.17) is 4.98 Å². The summed E-state index contributed by atoms with van der Waals surface area (Å²) in [5.41, 5.74) is 4.02. The predicted molar refractivity (Wildman–Crippen MR) is 116 cm³/mol. The molecule has 0 bridgehead atoms. The highest BCUT2D eigenvalue weighted by molar-refractivity contribution is 5.97. The maximum Gasteiger partial charge on any atom is 0.157 e. The fourth-order valence-electron chi connectivity index (χ4n) is 4.25. The van der Waals surface area contributed by atoms with Crippen molar-refractivity contribution in [2.45, 2.75) is 19.3 Å². The Morgan fingerprint density at radius 3 is 2.65 bits per heavy atom. The maximum atomic E-state index is 14.8. The van der Waals surface area contributed by atoms with E-state index in [-0.39, 0.29) is 5.52 Å². The highest BCUT2D eigenvalue weighted by Gasteiger charge is 2.20. The lowest BCUT2D eigenvalue weighted by Gasteiger charge is -2.27. The smallest absolute Gasteiger partial charge is 0.157 e. The summed E-state index contributed by atoms with van der Waals surface area (Å²) in [6.45, 7) is 1.96. The molecule has 0 saturated carbocycles. The number of fused-ring (bicyclic) bond motifs is 2. The van der Waals surface area contributed by atoms with Crippen molar-refractivity contribution in [3.05, 3.63) is 48.9 Å². The van der Waals surface area contributed by atoms with E-state index in [9.17, 15) is 4.39 Å². The van der Waals surface area contributed by atoms with Gasteiger partial charge in [0.25, 0.3) is 0 Å². The number of aromatic amines is 2. The first-order valence-corrected chi connectivity index (χ1v) is 10.3. The molecule has 0 unspecified atom stereocenters. The Labute approximate surface area is 176 Å². The lowest BCUT2D eigenvalue weighted by Crippen LogP contribution is -2.30. The first kappa shape index (κ1) is 17.9. The van der Waals surface area contributed by atoms with E-state index in [2.05, 4.69) is 35.0 Å². The van der Waals surface area contributed by atoms with E-state index in [1.165, 1.54) is 18.8 Å². The SMILES string of the molecule is Fc1cc(-c2cncnc2)cc2c(-c3nc4c(N5CCCCC5)nccc4[nH]3)[nH]nc12. The molecule has 1 aliphatic rings. The van der Waals surface area contributed by atoms with Crippen molar-refractivity contribution in [3.8, 4) is 22.6 Å². The van der Waals surface area contributed by atoms with Gasteiger partial charge < -0.3 is 9.88 Å².